The maximum atomic E-state index is 12.4. The predicted octanol–water partition coefficient (Wildman–Crippen LogP) is 5.42. The van der Waals surface area contributed by atoms with E-state index in [1.165, 1.54) is 17.3 Å². The van der Waals surface area contributed by atoms with Crippen LogP contribution in [0.2, 0.25) is 5.28 Å². The van der Waals surface area contributed by atoms with E-state index in [-0.39, 0.29) is 11.2 Å². The fourth-order valence-corrected chi connectivity index (χ4v) is 3.55. The molecule has 0 aliphatic carbocycles. The van der Waals surface area contributed by atoms with E-state index in [1.54, 1.807) is 4.68 Å². The highest BCUT2D eigenvalue weighted by Crippen LogP contribution is 2.34. The van der Waals surface area contributed by atoms with Gasteiger partial charge in [0.25, 0.3) is 0 Å². The van der Waals surface area contributed by atoms with Gasteiger partial charge in [-0.2, -0.15) is 4.98 Å². The molecule has 5 nitrogen and oxygen atoms in total. The van der Waals surface area contributed by atoms with Crippen LogP contribution in [0.25, 0.3) is 0 Å². The topological polar surface area (TPSA) is 59.8 Å². The molecule has 146 valence electrons. The molecule has 1 amide bonds. The molecule has 3 rings (SSSR count). The van der Waals surface area contributed by atoms with Gasteiger partial charge in [0.15, 0.2) is 5.16 Å². The summed E-state index contributed by atoms with van der Waals surface area (Å²) in [6.45, 7) is 8.28. The molecule has 0 spiro atoms. The van der Waals surface area contributed by atoms with Crippen molar-refractivity contribution in [3.63, 3.8) is 0 Å². The number of aromatic nitrogens is 3. The largest absolute Gasteiger partial charge is 0.325 e. The Kier molecular flexibility index (Phi) is 6.10. The van der Waals surface area contributed by atoms with Crippen LogP contribution in [0.5, 0.6) is 0 Å². The Morgan fingerprint density at radius 3 is 2.50 bits per heavy atom. The third-order valence-corrected chi connectivity index (χ3v) is 5.30. The molecular weight excluding hydrogens is 392 g/mol. The Labute approximate surface area is 174 Å². The number of hydrogen-bond donors (Lipinski definition) is 1. The summed E-state index contributed by atoms with van der Waals surface area (Å²) in [5.41, 5.74) is 2.59. The van der Waals surface area contributed by atoms with Crippen molar-refractivity contribution in [2.75, 3.05) is 5.32 Å². The number of amides is 1. The fourth-order valence-electron chi connectivity index (χ4n) is 2.41. The molecule has 1 N–H and O–H groups in total. The quantitative estimate of drug-likeness (QED) is 0.605. The number of anilines is 1. The van der Waals surface area contributed by atoms with Crippen molar-refractivity contribution < 1.29 is 4.79 Å². The number of aryl methyl sites for hydroxylation is 1. The summed E-state index contributed by atoms with van der Waals surface area (Å²) in [6, 6.07) is 15.9. The van der Waals surface area contributed by atoms with Crippen molar-refractivity contribution in [1.29, 1.82) is 0 Å². The SMILES string of the molecule is Cc1ccc(Cn2nc(Cl)nc2Sc2ccccc2NC(=O)C(C)(C)C)cc1. The molecule has 0 atom stereocenters. The first-order chi connectivity index (χ1) is 13.2. The first-order valence-electron chi connectivity index (χ1n) is 8.96. The maximum absolute atomic E-state index is 12.4. The molecule has 28 heavy (non-hydrogen) atoms. The smallest absolute Gasteiger partial charge is 0.243 e. The summed E-state index contributed by atoms with van der Waals surface area (Å²) in [5, 5.41) is 8.19. The molecule has 0 saturated heterocycles. The molecule has 0 aliphatic rings. The summed E-state index contributed by atoms with van der Waals surface area (Å²) in [5.74, 6) is -0.0419. The van der Waals surface area contributed by atoms with Gasteiger partial charge in [-0.25, -0.2) is 4.68 Å². The molecular formula is C21H23ClN4OS. The summed E-state index contributed by atoms with van der Waals surface area (Å²) >= 11 is 7.51. The Morgan fingerprint density at radius 2 is 1.82 bits per heavy atom. The van der Waals surface area contributed by atoms with Crippen LogP contribution in [-0.4, -0.2) is 20.7 Å². The van der Waals surface area contributed by atoms with Crippen molar-refractivity contribution >= 4 is 35.0 Å². The van der Waals surface area contributed by atoms with Crippen LogP contribution in [-0.2, 0) is 11.3 Å². The van der Waals surface area contributed by atoms with E-state index in [1.807, 2.05) is 45.0 Å². The van der Waals surface area contributed by atoms with E-state index in [0.717, 1.165) is 16.1 Å². The molecule has 0 radical (unpaired) electrons. The molecule has 1 aromatic heterocycles. The van der Waals surface area contributed by atoms with E-state index in [9.17, 15) is 4.79 Å². The molecule has 0 aliphatic heterocycles. The summed E-state index contributed by atoms with van der Waals surface area (Å²) in [6.07, 6.45) is 0. The van der Waals surface area contributed by atoms with Gasteiger partial charge < -0.3 is 5.32 Å². The number of hydrogen-bond acceptors (Lipinski definition) is 4. The molecule has 3 aromatic rings. The molecule has 7 heteroatoms. The number of nitrogens with zero attached hydrogens (tertiary/aromatic N) is 3. The van der Waals surface area contributed by atoms with Gasteiger partial charge in [0.1, 0.15) is 0 Å². The lowest BCUT2D eigenvalue weighted by Gasteiger charge is -2.19. The van der Waals surface area contributed by atoms with Crippen LogP contribution in [0.4, 0.5) is 5.69 Å². The molecule has 0 bridgehead atoms. The second-order valence-corrected chi connectivity index (χ2v) is 8.96. The van der Waals surface area contributed by atoms with Gasteiger partial charge in [-0.05, 0) is 48.0 Å². The van der Waals surface area contributed by atoms with Crippen molar-refractivity contribution in [1.82, 2.24) is 14.8 Å². The van der Waals surface area contributed by atoms with E-state index in [0.29, 0.717) is 11.7 Å². The van der Waals surface area contributed by atoms with Gasteiger partial charge in [0, 0.05) is 10.3 Å². The highest BCUT2D eigenvalue weighted by Gasteiger charge is 2.22. The minimum atomic E-state index is -0.480. The Balaban J connectivity index is 1.85. The van der Waals surface area contributed by atoms with Crippen LogP contribution >= 0.6 is 23.4 Å². The lowest BCUT2D eigenvalue weighted by Crippen LogP contribution is -2.27. The number of carbonyl (C=O) groups is 1. The van der Waals surface area contributed by atoms with Crippen LogP contribution in [0.1, 0.15) is 31.9 Å². The molecule has 1 heterocycles. The standard InChI is InChI=1S/C21H23ClN4OS/c1-14-9-11-15(12-10-14)13-26-20(24-19(22)25-26)28-17-8-6-5-7-16(17)23-18(27)21(2,3)4/h5-12H,13H2,1-4H3,(H,23,27). The average Bonchev–Trinajstić information content (AvgIpc) is 2.97. The summed E-state index contributed by atoms with van der Waals surface area (Å²) < 4.78 is 1.78. The normalized spacial score (nSPS) is 11.5. The van der Waals surface area contributed by atoms with E-state index in [2.05, 4.69) is 46.6 Å². The Morgan fingerprint density at radius 1 is 1.14 bits per heavy atom. The number of carbonyl (C=O) groups excluding carboxylic acids is 1. The number of nitrogens with one attached hydrogen (secondary N) is 1. The lowest BCUT2D eigenvalue weighted by molar-refractivity contribution is -0.123. The average molecular weight is 415 g/mol. The second kappa shape index (κ2) is 8.37. The van der Waals surface area contributed by atoms with Gasteiger partial charge in [0.05, 0.1) is 12.2 Å². The fraction of sp³-hybridized carbons (Fsp3) is 0.286. The first-order valence-corrected chi connectivity index (χ1v) is 10.2. The number of halogens is 1. The van der Waals surface area contributed by atoms with Gasteiger partial charge >= 0.3 is 0 Å². The summed E-state index contributed by atoms with van der Waals surface area (Å²) in [4.78, 5) is 17.6. The molecule has 0 fully saturated rings. The molecule has 0 saturated carbocycles. The number of para-hydroxylation sites is 1. The second-order valence-electron chi connectivity index (χ2n) is 7.61. The summed E-state index contributed by atoms with van der Waals surface area (Å²) in [7, 11) is 0. The van der Waals surface area contributed by atoms with Crippen molar-refractivity contribution in [3.8, 4) is 0 Å². The molecule has 2 aromatic carbocycles. The monoisotopic (exact) mass is 414 g/mol. The van der Waals surface area contributed by atoms with Crippen LogP contribution in [0, 0.1) is 12.3 Å². The zero-order chi connectivity index (χ0) is 20.3. The Hall–Kier alpha value is -2.31. The number of rotatable bonds is 5. The van der Waals surface area contributed by atoms with Crippen molar-refractivity contribution in [2.24, 2.45) is 5.41 Å². The maximum Gasteiger partial charge on any atom is 0.243 e. The van der Waals surface area contributed by atoms with Crippen LogP contribution in [0.15, 0.2) is 58.6 Å². The van der Waals surface area contributed by atoms with E-state index in [4.69, 9.17) is 11.6 Å². The minimum absolute atomic E-state index is 0.0419. The predicted molar refractivity (Wildman–Crippen MR) is 114 cm³/mol. The first kappa shape index (κ1) is 20.4. The van der Waals surface area contributed by atoms with Crippen LogP contribution < -0.4 is 5.32 Å². The third kappa shape index (κ3) is 5.14. The van der Waals surface area contributed by atoms with E-state index < -0.39 is 5.41 Å². The van der Waals surface area contributed by atoms with Crippen molar-refractivity contribution in [2.45, 2.75) is 44.3 Å². The highest BCUT2D eigenvalue weighted by molar-refractivity contribution is 7.99. The zero-order valence-electron chi connectivity index (χ0n) is 16.4. The zero-order valence-corrected chi connectivity index (χ0v) is 17.9. The van der Waals surface area contributed by atoms with Gasteiger partial charge in [-0.15, -0.1) is 5.10 Å². The number of benzene rings is 2. The lowest BCUT2D eigenvalue weighted by atomic mass is 9.95. The van der Waals surface area contributed by atoms with E-state index >= 15 is 0 Å². The molecule has 0 unspecified atom stereocenters. The van der Waals surface area contributed by atoms with Gasteiger partial charge in [0.2, 0.25) is 11.2 Å². The minimum Gasteiger partial charge on any atom is -0.325 e. The van der Waals surface area contributed by atoms with Gasteiger partial charge in [-0.1, -0.05) is 62.7 Å². The van der Waals surface area contributed by atoms with Gasteiger partial charge in [-0.3, -0.25) is 4.79 Å². The highest BCUT2D eigenvalue weighted by atomic mass is 35.5. The van der Waals surface area contributed by atoms with Crippen molar-refractivity contribution in [3.05, 3.63) is 64.9 Å². The van der Waals surface area contributed by atoms with Crippen LogP contribution in [0.3, 0.4) is 0 Å². The Bertz CT molecular complexity index is 977. The third-order valence-electron chi connectivity index (χ3n) is 4.08.